The molecule has 0 saturated heterocycles. The van der Waals surface area contributed by atoms with Gasteiger partial charge in [0.25, 0.3) is 0 Å². The summed E-state index contributed by atoms with van der Waals surface area (Å²) < 4.78 is 62.7. The Morgan fingerprint density at radius 2 is 1.78 bits per heavy atom. The van der Waals surface area contributed by atoms with Crippen molar-refractivity contribution in [2.24, 2.45) is 5.92 Å². The van der Waals surface area contributed by atoms with Gasteiger partial charge in [0.2, 0.25) is 5.91 Å². The van der Waals surface area contributed by atoms with Crippen molar-refractivity contribution in [2.45, 2.75) is 18.5 Å². The number of ether oxygens (including phenoxy) is 2. The highest BCUT2D eigenvalue weighted by molar-refractivity contribution is 5.95. The van der Waals surface area contributed by atoms with E-state index in [1.54, 1.807) is 6.07 Å². The van der Waals surface area contributed by atoms with Gasteiger partial charge in [-0.15, -0.1) is 0 Å². The summed E-state index contributed by atoms with van der Waals surface area (Å²) in [5, 5.41) is 2.44. The predicted molar refractivity (Wildman–Crippen MR) is 88.3 cm³/mol. The maximum atomic E-state index is 13.3. The van der Waals surface area contributed by atoms with Crippen molar-refractivity contribution in [1.29, 1.82) is 0 Å². The molecule has 1 aliphatic heterocycles. The molecule has 2 aliphatic rings. The number of nitrogens with one attached hydrogen (secondary N) is 1. The largest absolute Gasteiger partial charge is 0.486 e. The van der Waals surface area contributed by atoms with Crippen LogP contribution in [-0.4, -0.2) is 19.1 Å². The number of halogens is 4. The first-order valence-corrected chi connectivity index (χ1v) is 8.40. The minimum Gasteiger partial charge on any atom is -0.486 e. The molecule has 2 atom stereocenters. The second-order valence-corrected chi connectivity index (χ2v) is 6.53. The first kappa shape index (κ1) is 17.6. The van der Waals surface area contributed by atoms with Gasteiger partial charge >= 0.3 is 6.18 Å². The molecule has 1 aliphatic carbocycles. The summed E-state index contributed by atoms with van der Waals surface area (Å²) in [6.45, 7) is 0.940. The lowest BCUT2D eigenvalue weighted by Crippen LogP contribution is -2.16. The van der Waals surface area contributed by atoms with Gasteiger partial charge in [-0.05, 0) is 48.2 Å². The number of carbonyl (C=O) groups excluding carboxylic acids is 1. The molecule has 0 unspecified atom stereocenters. The number of hydrogen-bond donors (Lipinski definition) is 1. The molecular weight excluding hydrogens is 366 g/mol. The van der Waals surface area contributed by atoms with Gasteiger partial charge in [-0.2, -0.15) is 13.2 Å². The van der Waals surface area contributed by atoms with E-state index >= 15 is 0 Å². The molecule has 4 nitrogen and oxygen atoms in total. The molecular formula is C19H15F4NO3. The maximum absolute atomic E-state index is 13.3. The predicted octanol–water partition coefficient (Wildman–Crippen LogP) is 4.36. The second kappa shape index (κ2) is 6.44. The van der Waals surface area contributed by atoms with Crippen LogP contribution in [0, 0.1) is 11.7 Å². The van der Waals surface area contributed by atoms with Gasteiger partial charge in [0.1, 0.15) is 19.0 Å². The molecule has 27 heavy (non-hydrogen) atoms. The van der Waals surface area contributed by atoms with E-state index in [2.05, 4.69) is 5.32 Å². The van der Waals surface area contributed by atoms with Crippen LogP contribution in [-0.2, 0) is 11.0 Å². The molecule has 0 bridgehead atoms. The van der Waals surface area contributed by atoms with E-state index in [0.29, 0.717) is 43.3 Å². The average Bonchev–Trinajstić information content (AvgIpc) is 3.43. The van der Waals surface area contributed by atoms with E-state index in [0.717, 1.165) is 11.6 Å². The lowest BCUT2D eigenvalue weighted by Gasteiger charge is -2.18. The summed E-state index contributed by atoms with van der Waals surface area (Å²) in [5.74, 6) is -0.887. The minimum absolute atomic E-state index is 0.0386. The van der Waals surface area contributed by atoms with Gasteiger partial charge in [-0.25, -0.2) is 4.39 Å². The summed E-state index contributed by atoms with van der Waals surface area (Å²) in [6, 6.07) is 7.88. The van der Waals surface area contributed by atoms with Crippen LogP contribution in [0.5, 0.6) is 11.5 Å². The SMILES string of the molecule is O=C(Nc1ccc(F)c(C(F)(F)F)c1)[C@@H]1C[C@H]1c1ccc2c(c1)OCCO2. The Bertz CT molecular complexity index is 897. The number of benzene rings is 2. The third kappa shape index (κ3) is 3.56. The highest BCUT2D eigenvalue weighted by atomic mass is 19.4. The second-order valence-electron chi connectivity index (χ2n) is 6.53. The standard InChI is InChI=1S/C19H15F4NO3/c20-15-3-2-11(8-14(15)19(21,22)23)24-18(25)13-9-12(13)10-1-4-16-17(7-10)27-6-5-26-16/h1-4,7-8,12-13H,5-6,9H2,(H,24,25)/t12-,13+/m0/s1. The molecule has 1 amide bonds. The first-order valence-electron chi connectivity index (χ1n) is 8.40. The van der Waals surface area contributed by atoms with E-state index in [1.807, 2.05) is 12.1 Å². The minimum atomic E-state index is -4.82. The normalized spacial score (nSPS) is 20.9. The Morgan fingerprint density at radius 1 is 1.04 bits per heavy atom. The molecule has 2 aromatic rings. The molecule has 0 radical (unpaired) electrons. The van der Waals surface area contributed by atoms with Crippen molar-refractivity contribution in [1.82, 2.24) is 0 Å². The number of alkyl halides is 3. The molecule has 4 rings (SSSR count). The Kier molecular flexibility index (Phi) is 4.20. The van der Waals surface area contributed by atoms with Gasteiger partial charge in [-0.1, -0.05) is 6.07 Å². The van der Waals surface area contributed by atoms with Crippen LogP contribution in [0.2, 0.25) is 0 Å². The smallest absolute Gasteiger partial charge is 0.419 e. The van der Waals surface area contributed by atoms with Crippen molar-refractivity contribution in [3.05, 3.63) is 53.3 Å². The van der Waals surface area contributed by atoms with Crippen LogP contribution in [0.1, 0.15) is 23.5 Å². The monoisotopic (exact) mass is 381 g/mol. The van der Waals surface area contributed by atoms with E-state index < -0.39 is 23.5 Å². The van der Waals surface area contributed by atoms with E-state index in [1.165, 1.54) is 0 Å². The van der Waals surface area contributed by atoms with Crippen molar-refractivity contribution >= 4 is 11.6 Å². The van der Waals surface area contributed by atoms with E-state index in [-0.39, 0.29) is 17.5 Å². The maximum Gasteiger partial charge on any atom is 0.419 e. The van der Waals surface area contributed by atoms with Crippen molar-refractivity contribution in [3.8, 4) is 11.5 Å². The molecule has 1 fully saturated rings. The first-order chi connectivity index (χ1) is 12.8. The summed E-state index contributed by atoms with van der Waals surface area (Å²) >= 11 is 0. The van der Waals surface area contributed by atoms with Crippen LogP contribution in [0.4, 0.5) is 23.2 Å². The Balaban J connectivity index is 1.45. The van der Waals surface area contributed by atoms with Gasteiger partial charge in [-0.3, -0.25) is 4.79 Å². The average molecular weight is 381 g/mol. The number of rotatable bonds is 3. The van der Waals surface area contributed by atoms with Crippen molar-refractivity contribution in [3.63, 3.8) is 0 Å². The highest BCUT2D eigenvalue weighted by Crippen LogP contribution is 2.50. The molecule has 142 valence electrons. The fourth-order valence-electron chi connectivity index (χ4n) is 3.20. The molecule has 1 heterocycles. The molecule has 8 heteroatoms. The third-order valence-corrected chi connectivity index (χ3v) is 4.66. The highest BCUT2D eigenvalue weighted by Gasteiger charge is 2.44. The Morgan fingerprint density at radius 3 is 2.52 bits per heavy atom. The summed E-state index contributed by atoms with van der Waals surface area (Å²) in [4.78, 5) is 12.4. The Labute approximate surface area is 152 Å². The fourth-order valence-corrected chi connectivity index (χ4v) is 3.20. The number of anilines is 1. The zero-order valence-electron chi connectivity index (χ0n) is 14.0. The fraction of sp³-hybridized carbons (Fsp3) is 0.316. The summed E-state index contributed by atoms with van der Waals surface area (Å²) in [7, 11) is 0. The lowest BCUT2D eigenvalue weighted by molar-refractivity contribution is -0.140. The van der Waals surface area contributed by atoms with Crippen LogP contribution in [0.15, 0.2) is 36.4 Å². The topological polar surface area (TPSA) is 47.6 Å². The van der Waals surface area contributed by atoms with Gasteiger partial charge in [0.15, 0.2) is 11.5 Å². The van der Waals surface area contributed by atoms with Gasteiger partial charge in [0.05, 0.1) is 5.56 Å². The third-order valence-electron chi connectivity index (χ3n) is 4.66. The quantitative estimate of drug-likeness (QED) is 0.804. The van der Waals surface area contributed by atoms with E-state index in [4.69, 9.17) is 9.47 Å². The summed E-state index contributed by atoms with van der Waals surface area (Å²) in [5.41, 5.74) is -0.574. The molecule has 2 aromatic carbocycles. The summed E-state index contributed by atoms with van der Waals surface area (Å²) in [6.07, 6.45) is -4.24. The number of amides is 1. The van der Waals surface area contributed by atoms with Gasteiger partial charge < -0.3 is 14.8 Å². The molecule has 0 aromatic heterocycles. The number of fused-ring (bicyclic) bond motifs is 1. The zero-order valence-corrected chi connectivity index (χ0v) is 14.0. The van der Waals surface area contributed by atoms with Gasteiger partial charge in [0, 0.05) is 11.6 Å². The van der Waals surface area contributed by atoms with Crippen LogP contribution in [0.25, 0.3) is 0 Å². The van der Waals surface area contributed by atoms with Crippen molar-refractivity contribution < 1.29 is 31.8 Å². The van der Waals surface area contributed by atoms with Crippen LogP contribution >= 0.6 is 0 Å². The van der Waals surface area contributed by atoms with Crippen LogP contribution < -0.4 is 14.8 Å². The Hall–Kier alpha value is -2.77. The number of carbonyl (C=O) groups is 1. The van der Waals surface area contributed by atoms with E-state index in [9.17, 15) is 22.4 Å². The zero-order chi connectivity index (χ0) is 19.2. The number of hydrogen-bond acceptors (Lipinski definition) is 3. The molecule has 0 spiro atoms. The molecule has 1 saturated carbocycles. The van der Waals surface area contributed by atoms with Crippen molar-refractivity contribution in [2.75, 3.05) is 18.5 Å². The van der Waals surface area contributed by atoms with Crippen LogP contribution in [0.3, 0.4) is 0 Å². The molecule has 1 N–H and O–H groups in total. The lowest BCUT2D eigenvalue weighted by atomic mass is 10.1.